The number of hydrogen-bond acceptors (Lipinski definition) is 3. The SMILES string of the molecule is CCCCN(CCN)CCSC. The molecule has 0 aliphatic heterocycles. The summed E-state index contributed by atoms with van der Waals surface area (Å²) in [6.07, 6.45) is 4.73. The van der Waals surface area contributed by atoms with Crippen molar-refractivity contribution in [1.29, 1.82) is 0 Å². The molecule has 0 aromatic carbocycles. The van der Waals surface area contributed by atoms with Crippen LogP contribution in [0.5, 0.6) is 0 Å². The van der Waals surface area contributed by atoms with E-state index in [1.807, 2.05) is 11.8 Å². The van der Waals surface area contributed by atoms with Crippen LogP contribution >= 0.6 is 11.8 Å². The van der Waals surface area contributed by atoms with Crippen molar-refractivity contribution < 1.29 is 0 Å². The number of nitrogens with zero attached hydrogens (tertiary/aromatic N) is 1. The van der Waals surface area contributed by atoms with Gasteiger partial charge in [0.2, 0.25) is 0 Å². The second-order valence-corrected chi connectivity index (χ2v) is 3.96. The van der Waals surface area contributed by atoms with E-state index in [0.717, 1.165) is 13.1 Å². The fourth-order valence-electron chi connectivity index (χ4n) is 1.12. The Morgan fingerprint density at radius 2 is 2.00 bits per heavy atom. The highest BCUT2D eigenvalue weighted by molar-refractivity contribution is 7.98. The lowest BCUT2D eigenvalue weighted by atomic mass is 10.3. The molecule has 0 bridgehead atoms. The minimum Gasteiger partial charge on any atom is -0.329 e. The first-order valence-corrected chi connectivity index (χ1v) is 6.15. The highest BCUT2D eigenvalue weighted by Crippen LogP contribution is 1.98. The second-order valence-electron chi connectivity index (χ2n) is 2.98. The van der Waals surface area contributed by atoms with Crippen LogP contribution < -0.4 is 5.73 Å². The normalized spacial score (nSPS) is 11.0. The Hall–Kier alpha value is 0.270. The first kappa shape index (κ1) is 12.3. The van der Waals surface area contributed by atoms with Gasteiger partial charge < -0.3 is 10.6 Å². The molecule has 2 nitrogen and oxygen atoms in total. The number of hydrogen-bond donors (Lipinski definition) is 1. The molecular weight excluding hydrogens is 168 g/mol. The van der Waals surface area contributed by atoms with E-state index in [9.17, 15) is 0 Å². The van der Waals surface area contributed by atoms with Crippen LogP contribution in [0, 0.1) is 0 Å². The van der Waals surface area contributed by atoms with Gasteiger partial charge in [-0.3, -0.25) is 0 Å². The van der Waals surface area contributed by atoms with E-state index in [2.05, 4.69) is 18.1 Å². The lowest BCUT2D eigenvalue weighted by molar-refractivity contribution is 0.294. The number of unbranched alkanes of at least 4 members (excludes halogenated alkanes) is 1. The first-order valence-electron chi connectivity index (χ1n) is 4.76. The first-order chi connectivity index (χ1) is 5.85. The van der Waals surface area contributed by atoms with Gasteiger partial charge in [0.15, 0.2) is 0 Å². The summed E-state index contributed by atoms with van der Waals surface area (Å²) < 4.78 is 0. The van der Waals surface area contributed by atoms with Crippen molar-refractivity contribution in [2.75, 3.05) is 38.2 Å². The van der Waals surface area contributed by atoms with Crippen molar-refractivity contribution in [3.8, 4) is 0 Å². The molecule has 0 unspecified atom stereocenters. The molecule has 0 radical (unpaired) electrons. The highest BCUT2D eigenvalue weighted by atomic mass is 32.2. The molecule has 0 saturated heterocycles. The van der Waals surface area contributed by atoms with Crippen LogP contribution in [0.1, 0.15) is 19.8 Å². The third kappa shape index (κ3) is 6.95. The zero-order valence-electron chi connectivity index (χ0n) is 8.38. The van der Waals surface area contributed by atoms with Gasteiger partial charge in [0.25, 0.3) is 0 Å². The van der Waals surface area contributed by atoms with Gasteiger partial charge in [0.1, 0.15) is 0 Å². The topological polar surface area (TPSA) is 29.3 Å². The maximum Gasteiger partial charge on any atom is 0.0105 e. The van der Waals surface area contributed by atoms with Gasteiger partial charge in [-0.05, 0) is 19.2 Å². The molecule has 0 aliphatic carbocycles. The quantitative estimate of drug-likeness (QED) is 0.627. The van der Waals surface area contributed by atoms with Crippen molar-refractivity contribution in [3.63, 3.8) is 0 Å². The molecule has 74 valence electrons. The van der Waals surface area contributed by atoms with E-state index >= 15 is 0 Å². The second kappa shape index (κ2) is 9.36. The van der Waals surface area contributed by atoms with Crippen molar-refractivity contribution in [3.05, 3.63) is 0 Å². The lowest BCUT2D eigenvalue weighted by Crippen LogP contribution is -2.32. The monoisotopic (exact) mass is 190 g/mol. The number of nitrogens with two attached hydrogens (primary N) is 1. The Morgan fingerprint density at radius 1 is 1.25 bits per heavy atom. The minimum absolute atomic E-state index is 0.790. The molecule has 0 saturated carbocycles. The molecule has 2 N–H and O–H groups in total. The predicted octanol–water partition coefficient (Wildman–Crippen LogP) is 1.41. The molecular formula is C9H22N2S. The molecule has 0 spiro atoms. The molecule has 0 fully saturated rings. The van der Waals surface area contributed by atoms with E-state index in [1.54, 1.807) is 0 Å². The maximum atomic E-state index is 5.52. The number of thioether (sulfide) groups is 1. The van der Waals surface area contributed by atoms with Gasteiger partial charge in [0, 0.05) is 25.4 Å². The van der Waals surface area contributed by atoms with Crippen molar-refractivity contribution >= 4 is 11.8 Å². The Kier molecular flexibility index (Phi) is 9.57. The fraction of sp³-hybridized carbons (Fsp3) is 1.00. The molecule has 12 heavy (non-hydrogen) atoms. The summed E-state index contributed by atoms with van der Waals surface area (Å²) in [7, 11) is 0. The molecule has 0 amide bonds. The molecule has 0 aliphatic rings. The fourth-order valence-corrected chi connectivity index (χ4v) is 1.56. The van der Waals surface area contributed by atoms with Gasteiger partial charge in [-0.15, -0.1) is 0 Å². The summed E-state index contributed by atoms with van der Waals surface area (Å²) in [5, 5.41) is 0. The smallest absolute Gasteiger partial charge is 0.0105 e. The molecule has 0 rings (SSSR count). The van der Waals surface area contributed by atoms with Gasteiger partial charge >= 0.3 is 0 Å². The van der Waals surface area contributed by atoms with Gasteiger partial charge in [0.05, 0.1) is 0 Å². The van der Waals surface area contributed by atoms with Crippen LogP contribution in [-0.2, 0) is 0 Å². The van der Waals surface area contributed by atoms with E-state index in [0.29, 0.717) is 0 Å². The standard InChI is InChI=1S/C9H22N2S/c1-3-4-6-11(7-5-10)8-9-12-2/h3-10H2,1-2H3. The van der Waals surface area contributed by atoms with Gasteiger partial charge in [-0.1, -0.05) is 13.3 Å². The zero-order valence-corrected chi connectivity index (χ0v) is 9.20. The third-order valence-electron chi connectivity index (χ3n) is 1.88. The van der Waals surface area contributed by atoms with Crippen LogP contribution in [0.4, 0.5) is 0 Å². The van der Waals surface area contributed by atoms with Crippen LogP contribution in [0.15, 0.2) is 0 Å². The number of rotatable bonds is 8. The van der Waals surface area contributed by atoms with Crippen LogP contribution in [0.25, 0.3) is 0 Å². The summed E-state index contributed by atoms with van der Waals surface area (Å²) in [5.74, 6) is 1.23. The van der Waals surface area contributed by atoms with Crippen molar-refractivity contribution in [2.24, 2.45) is 5.73 Å². The lowest BCUT2D eigenvalue weighted by Gasteiger charge is -2.20. The average Bonchev–Trinajstić information content (AvgIpc) is 2.10. The Bertz CT molecular complexity index is 80.6. The Morgan fingerprint density at radius 3 is 2.50 bits per heavy atom. The molecule has 3 heteroatoms. The Labute approximate surface area is 80.9 Å². The van der Waals surface area contributed by atoms with E-state index in [-0.39, 0.29) is 0 Å². The molecule has 0 heterocycles. The highest BCUT2D eigenvalue weighted by Gasteiger charge is 2.01. The van der Waals surface area contributed by atoms with Crippen molar-refractivity contribution in [1.82, 2.24) is 4.90 Å². The predicted molar refractivity (Wildman–Crippen MR) is 58.8 cm³/mol. The largest absolute Gasteiger partial charge is 0.329 e. The maximum absolute atomic E-state index is 5.52. The zero-order chi connectivity index (χ0) is 9.23. The summed E-state index contributed by atoms with van der Waals surface area (Å²) >= 11 is 1.91. The van der Waals surface area contributed by atoms with Gasteiger partial charge in [-0.25, -0.2) is 0 Å². The van der Waals surface area contributed by atoms with Crippen LogP contribution in [0.2, 0.25) is 0 Å². The van der Waals surface area contributed by atoms with Crippen LogP contribution in [0.3, 0.4) is 0 Å². The average molecular weight is 190 g/mol. The van der Waals surface area contributed by atoms with E-state index < -0.39 is 0 Å². The molecule has 0 aromatic rings. The molecule has 0 atom stereocenters. The Balaban J connectivity index is 3.40. The third-order valence-corrected chi connectivity index (χ3v) is 2.48. The van der Waals surface area contributed by atoms with E-state index in [1.165, 1.54) is 31.7 Å². The van der Waals surface area contributed by atoms with E-state index in [4.69, 9.17) is 5.73 Å². The minimum atomic E-state index is 0.790. The molecule has 0 aromatic heterocycles. The summed E-state index contributed by atoms with van der Waals surface area (Å²) in [6, 6.07) is 0. The summed E-state index contributed by atoms with van der Waals surface area (Å²) in [6.45, 7) is 6.49. The van der Waals surface area contributed by atoms with Gasteiger partial charge in [-0.2, -0.15) is 11.8 Å². The van der Waals surface area contributed by atoms with Crippen LogP contribution in [-0.4, -0.2) is 43.1 Å². The summed E-state index contributed by atoms with van der Waals surface area (Å²) in [4.78, 5) is 2.46. The summed E-state index contributed by atoms with van der Waals surface area (Å²) in [5.41, 5.74) is 5.52. The van der Waals surface area contributed by atoms with Crippen molar-refractivity contribution in [2.45, 2.75) is 19.8 Å².